The maximum Gasteiger partial charge on any atom is 0.390 e. The van der Waals surface area contributed by atoms with Crippen LogP contribution >= 0.6 is 0 Å². The molecular weight excluding hydrogens is 297 g/mol. The van der Waals surface area contributed by atoms with E-state index in [0.717, 1.165) is 11.3 Å². The highest BCUT2D eigenvalue weighted by atomic mass is 19.4. The van der Waals surface area contributed by atoms with Gasteiger partial charge in [-0.25, -0.2) is 0 Å². The van der Waals surface area contributed by atoms with Gasteiger partial charge in [-0.2, -0.15) is 13.2 Å². The van der Waals surface area contributed by atoms with E-state index in [1.165, 1.54) is 6.92 Å². The summed E-state index contributed by atoms with van der Waals surface area (Å²) in [6.07, 6.45) is -5.06. The number of nitrogens with zero attached hydrogens (tertiary/aromatic N) is 1. The van der Waals surface area contributed by atoms with Crippen LogP contribution in [0.25, 0.3) is 11.3 Å². The SMILES string of the molecule is COc1ccc(-c2cc(CN[C@@H](C)CC(F)(F)F)on2)cc1. The number of rotatable bonds is 6. The van der Waals surface area contributed by atoms with Crippen molar-refractivity contribution in [2.45, 2.75) is 32.1 Å². The van der Waals surface area contributed by atoms with Gasteiger partial charge in [0.25, 0.3) is 0 Å². The first kappa shape index (κ1) is 16.4. The number of halogens is 3. The lowest BCUT2D eigenvalue weighted by Gasteiger charge is -2.14. The molecule has 4 nitrogen and oxygen atoms in total. The number of benzene rings is 1. The van der Waals surface area contributed by atoms with Crippen molar-refractivity contribution in [3.8, 4) is 17.0 Å². The summed E-state index contributed by atoms with van der Waals surface area (Å²) in [7, 11) is 1.58. The predicted octanol–water partition coefficient (Wildman–Crippen LogP) is 3.78. The van der Waals surface area contributed by atoms with Gasteiger partial charge < -0.3 is 14.6 Å². The number of ether oxygens (including phenoxy) is 1. The Hall–Kier alpha value is -2.02. The molecule has 0 aliphatic heterocycles. The molecule has 0 aliphatic carbocycles. The first-order valence-corrected chi connectivity index (χ1v) is 6.77. The van der Waals surface area contributed by atoms with Gasteiger partial charge in [0, 0.05) is 17.7 Å². The molecule has 120 valence electrons. The van der Waals surface area contributed by atoms with Gasteiger partial charge in [-0.05, 0) is 31.2 Å². The maximum absolute atomic E-state index is 12.2. The van der Waals surface area contributed by atoms with E-state index in [-0.39, 0.29) is 6.54 Å². The molecule has 7 heteroatoms. The largest absolute Gasteiger partial charge is 0.497 e. The zero-order valence-corrected chi connectivity index (χ0v) is 12.3. The van der Waals surface area contributed by atoms with Crippen LogP contribution in [0.4, 0.5) is 13.2 Å². The summed E-state index contributed by atoms with van der Waals surface area (Å²) in [6, 6.07) is 8.28. The summed E-state index contributed by atoms with van der Waals surface area (Å²) in [5.41, 5.74) is 1.47. The van der Waals surface area contributed by atoms with E-state index >= 15 is 0 Å². The molecular formula is C15H17F3N2O2. The first-order valence-electron chi connectivity index (χ1n) is 6.77. The highest BCUT2D eigenvalue weighted by Gasteiger charge is 2.29. The Morgan fingerprint density at radius 2 is 1.95 bits per heavy atom. The van der Waals surface area contributed by atoms with Crippen molar-refractivity contribution in [2.24, 2.45) is 0 Å². The molecule has 2 rings (SSSR count). The number of alkyl halides is 3. The fourth-order valence-corrected chi connectivity index (χ4v) is 1.99. The minimum atomic E-state index is -4.18. The van der Waals surface area contributed by atoms with Crippen LogP contribution < -0.4 is 10.1 Å². The fraction of sp³-hybridized carbons (Fsp3) is 0.400. The Labute approximate surface area is 126 Å². The topological polar surface area (TPSA) is 47.3 Å². The van der Waals surface area contributed by atoms with Gasteiger partial charge in [0.1, 0.15) is 11.4 Å². The Bertz CT molecular complexity index is 594. The second-order valence-corrected chi connectivity index (χ2v) is 5.01. The van der Waals surface area contributed by atoms with Crippen LogP contribution in [-0.4, -0.2) is 24.5 Å². The molecule has 1 heterocycles. The van der Waals surface area contributed by atoms with Crippen LogP contribution in [0.5, 0.6) is 5.75 Å². The molecule has 0 saturated carbocycles. The smallest absolute Gasteiger partial charge is 0.390 e. The van der Waals surface area contributed by atoms with Gasteiger partial charge in [0.05, 0.1) is 20.1 Å². The third kappa shape index (κ3) is 4.77. The summed E-state index contributed by atoms with van der Waals surface area (Å²) >= 11 is 0. The average molecular weight is 314 g/mol. The van der Waals surface area contributed by atoms with Crippen molar-refractivity contribution >= 4 is 0 Å². The third-order valence-electron chi connectivity index (χ3n) is 3.11. The minimum absolute atomic E-state index is 0.195. The molecule has 1 N–H and O–H groups in total. The monoisotopic (exact) mass is 314 g/mol. The van der Waals surface area contributed by atoms with Crippen molar-refractivity contribution in [1.82, 2.24) is 10.5 Å². The van der Waals surface area contributed by atoms with Crippen molar-refractivity contribution in [3.05, 3.63) is 36.1 Å². The molecule has 0 bridgehead atoms. The second-order valence-electron chi connectivity index (χ2n) is 5.01. The van der Waals surface area contributed by atoms with Crippen LogP contribution in [-0.2, 0) is 6.54 Å². The maximum atomic E-state index is 12.2. The molecule has 0 aliphatic rings. The van der Waals surface area contributed by atoms with Crippen LogP contribution in [0.1, 0.15) is 19.1 Å². The molecule has 0 amide bonds. The predicted molar refractivity (Wildman–Crippen MR) is 75.5 cm³/mol. The number of hydrogen-bond acceptors (Lipinski definition) is 4. The van der Waals surface area contributed by atoms with Gasteiger partial charge in [0.15, 0.2) is 5.76 Å². The van der Waals surface area contributed by atoms with E-state index in [4.69, 9.17) is 9.26 Å². The molecule has 0 spiro atoms. The van der Waals surface area contributed by atoms with Gasteiger partial charge >= 0.3 is 6.18 Å². The fourth-order valence-electron chi connectivity index (χ4n) is 1.99. The quantitative estimate of drug-likeness (QED) is 0.881. The Morgan fingerprint density at radius 3 is 2.55 bits per heavy atom. The standard InChI is InChI=1S/C15H17F3N2O2/c1-10(8-15(16,17)18)19-9-13-7-14(20-22-13)11-3-5-12(21-2)6-4-11/h3-7,10,19H,8-9H2,1-2H3/t10-/m0/s1. The van der Waals surface area contributed by atoms with Gasteiger partial charge in [-0.1, -0.05) is 5.16 Å². The van der Waals surface area contributed by atoms with Crippen LogP contribution in [0.15, 0.2) is 34.9 Å². The number of methoxy groups -OCH3 is 1. The van der Waals surface area contributed by atoms with Crippen molar-refractivity contribution in [3.63, 3.8) is 0 Å². The highest BCUT2D eigenvalue weighted by Crippen LogP contribution is 2.23. The molecule has 0 radical (unpaired) electrons. The van der Waals surface area contributed by atoms with E-state index in [0.29, 0.717) is 11.5 Å². The normalized spacial score (nSPS) is 13.1. The molecule has 0 saturated heterocycles. The molecule has 22 heavy (non-hydrogen) atoms. The van der Waals surface area contributed by atoms with E-state index < -0.39 is 18.6 Å². The lowest BCUT2D eigenvalue weighted by molar-refractivity contribution is -0.139. The first-order chi connectivity index (χ1) is 10.4. The van der Waals surface area contributed by atoms with E-state index in [1.54, 1.807) is 25.3 Å². The van der Waals surface area contributed by atoms with Crippen LogP contribution in [0.2, 0.25) is 0 Å². The zero-order valence-electron chi connectivity index (χ0n) is 12.3. The summed E-state index contributed by atoms with van der Waals surface area (Å²) in [5.74, 6) is 1.22. The average Bonchev–Trinajstić information content (AvgIpc) is 2.92. The molecule has 2 aromatic rings. The summed E-state index contributed by atoms with van der Waals surface area (Å²) in [4.78, 5) is 0. The molecule has 1 aromatic heterocycles. The van der Waals surface area contributed by atoms with Gasteiger partial charge in [0.2, 0.25) is 0 Å². The van der Waals surface area contributed by atoms with Gasteiger partial charge in [-0.15, -0.1) is 0 Å². The Kier molecular flexibility index (Phi) is 5.07. The van der Waals surface area contributed by atoms with Crippen molar-refractivity contribution in [1.29, 1.82) is 0 Å². The van der Waals surface area contributed by atoms with Crippen molar-refractivity contribution < 1.29 is 22.4 Å². The van der Waals surface area contributed by atoms with Crippen molar-refractivity contribution in [2.75, 3.05) is 7.11 Å². The Balaban J connectivity index is 1.93. The lowest BCUT2D eigenvalue weighted by Crippen LogP contribution is -2.30. The number of aromatic nitrogens is 1. The Morgan fingerprint density at radius 1 is 1.27 bits per heavy atom. The second kappa shape index (κ2) is 6.83. The minimum Gasteiger partial charge on any atom is -0.497 e. The molecule has 1 atom stereocenters. The highest BCUT2D eigenvalue weighted by molar-refractivity contribution is 5.59. The zero-order chi connectivity index (χ0) is 16.2. The van der Waals surface area contributed by atoms with Crippen LogP contribution in [0, 0.1) is 0 Å². The third-order valence-corrected chi connectivity index (χ3v) is 3.11. The van der Waals surface area contributed by atoms with E-state index in [2.05, 4.69) is 10.5 Å². The number of hydrogen-bond donors (Lipinski definition) is 1. The summed E-state index contributed by atoms with van der Waals surface area (Å²) < 4.78 is 46.9. The number of nitrogens with one attached hydrogen (secondary N) is 1. The van der Waals surface area contributed by atoms with E-state index in [1.807, 2.05) is 12.1 Å². The molecule has 0 fully saturated rings. The van der Waals surface area contributed by atoms with Gasteiger partial charge in [-0.3, -0.25) is 0 Å². The molecule has 1 aromatic carbocycles. The lowest BCUT2D eigenvalue weighted by atomic mass is 10.1. The summed E-state index contributed by atoms with van der Waals surface area (Å²) in [5, 5.41) is 6.68. The van der Waals surface area contributed by atoms with E-state index in [9.17, 15) is 13.2 Å². The molecule has 0 unspecified atom stereocenters. The van der Waals surface area contributed by atoms with Crippen LogP contribution in [0.3, 0.4) is 0 Å². The summed E-state index contributed by atoms with van der Waals surface area (Å²) in [6.45, 7) is 1.68.